The van der Waals surface area contributed by atoms with E-state index in [9.17, 15) is 14.4 Å². The highest BCUT2D eigenvalue weighted by Gasteiger charge is 2.27. The summed E-state index contributed by atoms with van der Waals surface area (Å²) in [5, 5.41) is 5.50. The molecule has 0 atom stereocenters. The molecule has 152 valence electrons. The monoisotopic (exact) mass is 396 g/mol. The molecule has 1 aromatic carbocycles. The molecule has 2 amide bonds. The summed E-state index contributed by atoms with van der Waals surface area (Å²) in [7, 11) is 0. The van der Waals surface area contributed by atoms with Gasteiger partial charge in [0.1, 0.15) is 5.69 Å². The van der Waals surface area contributed by atoms with Crippen molar-refractivity contribution < 1.29 is 19.1 Å². The number of nitrogens with zero attached hydrogens (tertiary/aromatic N) is 2. The predicted octanol–water partition coefficient (Wildman–Crippen LogP) is 2.56. The summed E-state index contributed by atoms with van der Waals surface area (Å²) in [4.78, 5) is 41.3. The normalized spacial score (nSPS) is 12.6. The van der Waals surface area contributed by atoms with E-state index in [1.165, 1.54) is 0 Å². The number of hydrogen-bond acceptors (Lipinski definition) is 5. The molecule has 0 saturated carbocycles. The van der Waals surface area contributed by atoms with Crippen LogP contribution in [0.25, 0.3) is 0 Å². The van der Waals surface area contributed by atoms with Gasteiger partial charge in [0.05, 0.1) is 17.9 Å². The maximum Gasteiger partial charge on any atom is 0.338 e. The second-order valence-corrected chi connectivity index (χ2v) is 6.59. The summed E-state index contributed by atoms with van der Waals surface area (Å²) < 4.78 is 6.76. The first-order chi connectivity index (χ1) is 14.0. The van der Waals surface area contributed by atoms with Crippen LogP contribution in [0.4, 0.5) is 5.69 Å². The van der Waals surface area contributed by atoms with Crippen LogP contribution in [0.5, 0.6) is 0 Å². The smallest absolute Gasteiger partial charge is 0.338 e. The van der Waals surface area contributed by atoms with E-state index in [1.807, 2.05) is 4.57 Å². The Kier molecular flexibility index (Phi) is 6.43. The van der Waals surface area contributed by atoms with Crippen LogP contribution >= 0.6 is 0 Å². The van der Waals surface area contributed by atoms with Crippen LogP contribution in [0.15, 0.2) is 36.9 Å². The number of aromatic nitrogens is 2. The lowest BCUT2D eigenvalue weighted by molar-refractivity contribution is 0.0526. The molecule has 1 aromatic heterocycles. The number of anilines is 1. The minimum atomic E-state index is -0.414. The van der Waals surface area contributed by atoms with Gasteiger partial charge < -0.3 is 19.9 Å². The van der Waals surface area contributed by atoms with Gasteiger partial charge in [0.15, 0.2) is 5.82 Å². The Bertz CT molecular complexity index is 931. The number of carbonyl (C=O) groups is 3. The topological polar surface area (TPSA) is 102 Å². The number of fused-ring (bicyclic) bond motifs is 1. The number of benzene rings is 1. The molecule has 8 nitrogen and oxygen atoms in total. The average Bonchev–Trinajstić information content (AvgIpc) is 3.12. The van der Waals surface area contributed by atoms with Crippen LogP contribution in [0.2, 0.25) is 0 Å². The van der Waals surface area contributed by atoms with Gasteiger partial charge in [-0.2, -0.15) is 0 Å². The molecule has 8 heteroatoms. The van der Waals surface area contributed by atoms with Crippen molar-refractivity contribution in [3.63, 3.8) is 0 Å². The molecule has 0 spiro atoms. The summed E-state index contributed by atoms with van der Waals surface area (Å²) in [6.45, 7) is 6.60. The third-order valence-corrected chi connectivity index (χ3v) is 4.60. The largest absolute Gasteiger partial charge is 0.462 e. The van der Waals surface area contributed by atoms with Crippen molar-refractivity contribution in [2.45, 2.75) is 32.7 Å². The number of hydrogen-bond donors (Lipinski definition) is 2. The molecule has 0 radical (unpaired) electrons. The van der Waals surface area contributed by atoms with Gasteiger partial charge in [0, 0.05) is 18.8 Å². The first kappa shape index (κ1) is 20.3. The highest BCUT2D eigenvalue weighted by Crippen LogP contribution is 2.22. The lowest BCUT2D eigenvalue weighted by Gasteiger charge is -2.17. The Morgan fingerprint density at radius 3 is 2.66 bits per heavy atom. The fourth-order valence-electron chi connectivity index (χ4n) is 3.24. The Hall–Kier alpha value is -3.42. The van der Waals surface area contributed by atoms with Crippen molar-refractivity contribution in [3.8, 4) is 0 Å². The molecule has 0 bridgehead atoms. The lowest BCUT2D eigenvalue weighted by Crippen LogP contribution is -2.25. The van der Waals surface area contributed by atoms with Crippen LogP contribution in [0, 0.1) is 0 Å². The zero-order valence-electron chi connectivity index (χ0n) is 16.4. The summed E-state index contributed by atoms with van der Waals surface area (Å²) in [5.74, 6) is -0.922. The van der Waals surface area contributed by atoms with Crippen LogP contribution in [-0.4, -0.2) is 40.5 Å². The maximum absolute atomic E-state index is 12.8. The summed E-state index contributed by atoms with van der Waals surface area (Å²) >= 11 is 0. The average molecular weight is 396 g/mol. The van der Waals surface area contributed by atoms with Gasteiger partial charge >= 0.3 is 5.97 Å². The number of ether oxygens (including phenoxy) is 1. The summed E-state index contributed by atoms with van der Waals surface area (Å²) in [6.07, 6.45) is 4.16. The molecule has 3 rings (SSSR count). The zero-order chi connectivity index (χ0) is 20.8. The van der Waals surface area contributed by atoms with E-state index in [4.69, 9.17) is 4.74 Å². The molecular weight excluding hydrogens is 372 g/mol. The van der Waals surface area contributed by atoms with Crippen LogP contribution in [0.3, 0.4) is 0 Å². The standard InChI is InChI=1S/C21H24N4O4/c1-3-12-22-19(26)17-16-7-5-6-13-25(16)18(24-17)20(27)23-15-10-8-14(9-11-15)21(28)29-4-2/h3,8-11H,1,4-7,12-13H2,2H3,(H,22,26)(H,23,27). The predicted molar refractivity (Wildman–Crippen MR) is 108 cm³/mol. The van der Waals surface area contributed by atoms with Gasteiger partial charge in [-0.15, -0.1) is 6.58 Å². The zero-order valence-corrected chi connectivity index (χ0v) is 16.4. The molecule has 1 aliphatic heterocycles. The Morgan fingerprint density at radius 2 is 1.97 bits per heavy atom. The van der Waals surface area contributed by atoms with Crippen molar-refractivity contribution in [1.29, 1.82) is 0 Å². The second kappa shape index (κ2) is 9.18. The third kappa shape index (κ3) is 4.53. The van der Waals surface area contributed by atoms with Crippen molar-refractivity contribution in [2.75, 3.05) is 18.5 Å². The Labute approximate surface area is 169 Å². The van der Waals surface area contributed by atoms with Crippen LogP contribution < -0.4 is 10.6 Å². The SMILES string of the molecule is C=CCNC(=O)c1nc(C(=O)Nc2ccc(C(=O)OCC)cc2)n2c1CCCC2. The van der Waals surface area contributed by atoms with Crippen molar-refractivity contribution >= 4 is 23.5 Å². The number of amides is 2. The molecular formula is C21H24N4O4. The van der Waals surface area contributed by atoms with Gasteiger partial charge in [-0.05, 0) is 50.5 Å². The molecule has 0 unspecified atom stereocenters. The number of imidazole rings is 1. The first-order valence-corrected chi connectivity index (χ1v) is 9.62. The summed E-state index contributed by atoms with van der Waals surface area (Å²) in [6, 6.07) is 6.43. The number of carbonyl (C=O) groups excluding carboxylic acids is 3. The van der Waals surface area contributed by atoms with E-state index in [0.29, 0.717) is 37.4 Å². The molecule has 0 saturated heterocycles. The van der Waals surface area contributed by atoms with Crippen molar-refractivity contribution in [3.05, 3.63) is 59.7 Å². The summed E-state index contributed by atoms with van der Waals surface area (Å²) in [5.41, 5.74) is 1.99. The van der Waals surface area contributed by atoms with E-state index in [-0.39, 0.29) is 17.4 Å². The van der Waals surface area contributed by atoms with E-state index in [0.717, 1.165) is 18.5 Å². The van der Waals surface area contributed by atoms with E-state index < -0.39 is 11.9 Å². The minimum absolute atomic E-state index is 0.206. The van der Waals surface area contributed by atoms with Crippen molar-refractivity contribution in [2.24, 2.45) is 0 Å². The maximum atomic E-state index is 12.8. The minimum Gasteiger partial charge on any atom is -0.462 e. The van der Waals surface area contributed by atoms with Gasteiger partial charge in [0.25, 0.3) is 11.8 Å². The van der Waals surface area contributed by atoms with Gasteiger partial charge in [-0.3, -0.25) is 9.59 Å². The van der Waals surface area contributed by atoms with E-state index in [2.05, 4.69) is 22.2 Å². The molecule has 29 heavy (non-hydrogen) atoms. The molecule has 0 fully saturated rings. The number of nitrogens with one attached hydrogen (secondary N) is 2. The molecule has 1 aliphatic rings. The molecule has 2 aromatic rings. The molecule has 2 N–H and O–H groups in total. The Balaban J connectivity index is 1.80. The highest BCUT2D eigenvalue weighted by molar-refractivity contribution is 6.04. The van der Waals surface area contributed by atoms with Crippen LogP contribution in [-0.2, 0) is 17.7 Å². The quantitative estimate of drug-likeness (QED) is 0.553. The number of esters is 1. The fraction of sp³-hybridized carbons (Fsp3) is 0.333. The molecule has 0 aliphatic carbocycles. The first-order valence-electron chi connectivity index (χ1n) is 9.62. The third-order valence-electron chi connectivity index (χ3n) is 4.60. The fourth-order valence-corrected chi connectivity index (χ4v) is 3.24. The Morgan fingerprint density at radius 1 is 1.21 bits per heavy atom. The van der Waals surface area contributed by atoms with E-state index in [1.54, 1.807) is 37.3 Å². The number of rotatable bonds is 7. The van der Waals surface area contributed by atoms with Crippen molar-refractivity contribution in [1.82, 2.24) is 14.9 Å². The second-order valence-electron chi connectivity index (χ2n) is 6.59. The van der Waals surface area contributed by atoms with Gasteiger partial charge in [0.2, 0.25) is 0 Å². The highest BCUT2D eigenvalue weighted by atomic mass is 16.5. The van der Waals surface area contributed by atoms with Gasteiger partial charge in [-0.25, -0.2) is 9.78 Å². The molecule has 2 heterocycles. The lowest BCUT2D eigenvalue weighted by atomic mass is 10.1. The van der Waals surface area contributed by atoms with Gasteiger partial charge in [-0.1, -0.05) is 6.08 Å². The van der Waals surface area contributed by atoms with E-state index >= 15 is 0 Å². The van der Waals surface area contributed by atoms with Crippen LogP contribution in [0.1, 0.15) is 56.9 Å².